The average Bonchev–Trinajstić information content (AvgIpc) is 2.99. The summed E-state index contributed by atoms with van der Waals surface area (Å²) in [5.41, 5.74) is 2.64. The highest BCUT2D eigenvalue weighted by Crippen LogP contribution is 2.29. The lowest BCUT2D eigenvalue weighted by atomic mass is 10.1. The summed E-state index contributed by atoms with van der Waals surface area (Å²) in [6.07, 6.45) is -0.727. The molecule has 0 aliphatic carbocycles. The molecule has 6 nitrogen and oxygen atoms in total. The Morgan fingerprint density at radius 2 is 1.57 bits per heavy atom. The van der Waals surface area contributed by atoms with Crippen LogP contribution in [0.25, 0.3) is 0 Å². The molecule has 0 fully saturated rings. The Kier molecular flexibility index (Phi) is 5.06. The van der Waals surface area contributed by atoms with Crippen LogP contribution < -0.4 is 15.0 Å². The molecule has 0 aromatic heterocycles. The largest absolute Gasteiger partial charge is 0.481 e. The molecule has 1 aliphatic heterocycles. The van der Waals surface area contributed by atoms with E-state index in [9.17, 15) is 14.4 Å². The van der Waals surface area contributed by atoms with Gasteiger partial charge in [0.25, 0.3) is 17.7 Å². The molecule has 0 bridgehead atoms. The normalized spacial score (nSPS) is 13.7. The molecule has 1 N–H and O–H groups in total. The van der Waals surface area contributed by atoms with E-state index in [0.717, 1.165) is 10.5 Å². The van der Waals surface area contributed by atoms with E-state index < -0.39 is 6.10 Å². The minimum atomic E-state index is -0.727. The second kappa shape index (κ2) is 7.83. The lowest BCUT2D eigenvalue weighted by molar-refractivity contribution is -0.122. The molecule has 0 saturated carbocycles. The monoisotopic (exact) mass is 400 g/mol. The zero-order valence-corrected chi connectivity index (χ0v) is 16.6. The van der Waals surface area contributed by atoms with Gasteiger partial charge >= 0.3 is 0 Å². The van der Waals surface area contributed by atoms with E-state index in [2.05, 4.69) is 5.32 Å². The Hall–Kier alpha value is -3.93. The fourth-order valence-electron chi connectivity index (χ4n) is 3.34. The zero-order valence-electron chi connectivity index (χ0n) is 16.6. The number of rotatable bonds is 5. The Balaban J connectivity index is 1.49. The third-order valence-electron chi connectivity index (χ3n) is 4.84. The van der Waals surface area contributed by atoms with Gasteiger partial charge in [0.2, 0.25) is 0 Å². The van der Waals surface area contributed by atoms with Gasteiger partial charge < -0.3 is 10.1 Å². The van der Waals surface area contributed by atoms with Crippen molar-refractivity contribution in [1.29, 1.82) is 0 Å². The summed E-state index contributed by atoms with van der Waals surface area (Å²) in [7, 11) is 0. The van der Waals surface area contributed by atoms with E-state index in [1.807, 2.05) is 25.1 Å². The standard InChI is InChI=1S/C24H20N2O4/c1-15-7-5-10-19(13-15)30-16(2)22(27)25-17-8-6-9-18(14-17)26-23(28)20-11-3-4-12-21(20)24(26)29/h3-14,16H,1-2H3,(H,25,27). The van der Waals surface area contributed by atoms with Crippen molar-refractivity contribution in [2.24, 2.45) is 0 Å². The van der Waals surface area contributed by atoms with Crippen molar-refractivity contribution in [2.45, 2.75) is 20.0 Å². The van der Waals surface area contributed by atoms with Gasteiger partial charge in [-0.15, -0.1) is 0 Å². The molecule has 1 heterocycles. The van der Waals surface area contributed by atoms with Crippen LogP contribution in [0, 0.1) is 6.92 Å². The first-order valence-corrected chi connectivity index (χ1v) is 9.56. The Bertz CT molecular complexity index is 1120. The van der Waals surface area contributed by atoms with E-state index in [1.165, 1.54) is 0 Å². The number of hydrogen-bond acceptors (Lipinski definition) is 4. The van der Waals surface area contributed by atoms with Crippen molar-refractivity contribution in [2.75, 3.05) is 10.2 Å². The van der Waals surface area contributed by atoms with E-state index >= 15 is 0 Å². The number of amides is 3. The molecule has 0 radical (unpaired) electrons. The Morgan fingerprint density at radius 3 is 2.23 bits per heavy atom. The summed E-state index contributed by atoms with van der Waals surface area (Å²) in [4.78, 5) is 39.0. The minimum absolute atomic E-state index is 0.337. The second-order valence-electron chi connectivity index (χ2n) is 7.11. The number of anilines is 2. The topological polar surface area (TPSA) is 75.7 Å². The summed E-state index contributed by atoms with van der Waals surface area (Å²) in [5.74, 6) is -0.487. The third-order valence-corrected chi connectivity index (χ3v) is 4.84. The number of aryl methyl sites for hydroxylation is 1. The van der Waals surface area contributed by atoms with Crippen molar-refractivity contribution in [3.8, 4) is 5.75 Å². The fraction of sp³-hybridized carbons (Fsp3) is 0.125. The van der Waals surface area contributed by atoms with E-state index in [1.54, 1.807) is 61.5 Å². The fourth-order valence-corrected chi connectivity index (χ4v) is 3.34. The summed E-state index contributed by atoms with van der Waals surface area (Å²) < 4.78 is 5.70. The second-order valence-corrected chi connectivity index (χ2v) is 7.11. The molecule has 3 amide bonds. The van der Waals surface area contributed by atoms with Crippen molar-refractivity contribution >= 4 is 29.1 Å². The summed E-state index contributed by atoms with van der Waals surface area (Å²) in [5, 5.41) is 2.78. The molecule has 3 aromatic carbocycles. The highest BCUT2D eigenvalue weighted by Gasteiger charge is 2.36. The number of carbonyl (C=O) groups is 3. The van der Waals surface area contributed by atoms with Crippen LogP contribution in [0.15, 0.2) is 72.8 Å². The summed E-state index contributed by atoms with van der Waals surface area (Å²) in [6.45, 7) is 3.61. The van der Waals surface area contributed by atoms with Crippen LogP contribution in [0.3, 0.4) is 0 Å². The van der Waals surface area contributed by atoms with Gasteiger partial charge in [0.1, 0.15) is 5.75 Å². The zero-order chi connectivity index (χ0) is 21.3. The van der Waals surface area contributed by atoms with Crippen molar-refractivity contribution in [3.63, 3.8) is 0 Å². The number of imide groups is 1. The minimum Gasteiger partial charge on any atom is -0.481 e. The summed E-state index contributed by atoms with van der Waals surface area (Å²) >= 11 is 0. The van der Waals surface area contributed by atoms with Gasteiger partial charge in [-0.1, -0.05) is 30.3 Å². The van der Waals surface area contributed by atoms with Crippen LogP contribution in [-0.4, -0.2) is 23.8 Å². The van der Waals surface area contributed by atoms with Crippen molar-refractivity contribution < 1.29 is 19.1 Å². The van der Waals surface area contributed by atoms with Crippen molar-refractivity contribution in [1.82, 2.24) is 0 Å². The van der Waals surface area contributed by atoms with E-state index in [-0.39, 0.29) is 17.7 Å². The maximum absolute atomic E-state index is 12.7. The van der Waals surface area contributed by atoms with Gasteiger partial charge in [0.05, 0.1) is 16.8 Å². The first-order chi connectivity index (χ1) is 14.4. The molecule has 4 rings (SSSR count). The molecule has 1 unspecified atom stereocenters. The highest BCUT2D eigenvalue weighted by molar-refractivity contribution is 6.34. The quantitative estimate of drug-likeness (QED) is 0.651. The van der Waals surface area contributed by atoms with Gasteiger partial charge in [-0.2, -0.15) is 0 Å². The van der Waals surface area contributed by atoms with Crippen molar-refractivity contribution in [3.05, 3.63) is 89.5 Å². The van der Waals surface area contributed by atoms with Gasteiger partial charge in [-0.05, 0) is 61.9 Å². The number of carbonyl (C=O) groups excluding carboxylic acids is 3. The predicted octanol–water partition coefficient (Wildman–Crippen LogP) is 4.20. The molecule has 30 heavy (non-hydrogen) atoms. The Morgan fingerprint density at radius 1 is 0.900 bits per heavy atom. The van der Waals surface area contributed by atoms with E-state index in [0.29, 0.717) is 28.3 Å². The molecular formula is C24H20N2O4. The summed E-state index contributed by atoms with van der Waals surface area (Å²) in [6, 6.07) is 20.8. The maximum Gasteiger partial charge on any atom is 0.266 e. The number of fused-ring (bicyclic) bond motifs is 1. The molecule has 6 heteroatoms. The van der Waals surface area contributed by atoms with Crippen LogP contribution in [0.4, 0.5) is 11.4 Å². The molecule has 0 saturated heterocycles. The first-order valence-electron chi connectivity index (χ1n) is 9.56. The number of nitrogens with one attached hydrogen (secondary N) is 1. The average molecular weight is 400 g/mol. The van der Waals surface area contributed by atoms with Crippen LogP contribution in [0.1, 0.15) is 33.2 Å². The number of ether oxygens (including phenoxy) is 1. The van der Waals surface area contributed by atoms with Crippen LogP contribution in [-0.2, 0) is 4.79 Å². The smallest absolute Gasteiger partial charge is 0.266 e. The van der Waals surface area contributed by atoms with Crippen LogP contribution in [0.2, 0.25) is 0 Å². The lowest BCUT2D eigenvalue weighted by Crippen LogP contribution is -2.31. The van der Waals surface area contributed by atoms with Crippen LogP contribution in [0.5, 0.6) is 5.75 Å². The first kappa shape index (κ1) is 19.4. The molecule has 3 aromatic rings. The van der Waals surface area contributed by atoms with Gasteiger partial charge in [-0.25, -0.2) is 4.90 Å². The molecule has 1 aliphatic rings. The third kappa shape index (κ3) is 3.67. The van der Waals surface area contributed by atoms with Gasteiger partial charge in [0, 0.05) is 5.69 Å². The molecular weight excluding hydrogens is 380 g/mol. The van der Waals surface area contributed by atoms with E-state index in [4.69, 9.17) is 4.74 Å². The van der Waals surface area contributed by atoms with Gasteiger partial charge in [0.15, 0.2) is 6.10 Å². The van der Waals surface area contributed by atoms with Crippen LogP contribution >= 0.6 is 0 Å². The number of hydrogen-bond donors (Lipinski definition) is 1. The van der Waals surface area contributed by atoms with Gasteiger partial charge in [-0.3, -0.25) is 14.4 Å². The number of benzene rings is 3. The number of nitrogens with zero attached hydrogens (tertiary/aromatic N) is 1. The maximum atomic E-state index is 12.7. The SMILES string of the molecule is Cc1cccc(OC(C)C(=O)Nc2cccc(N3C(=O)c4ccccc4C3=O)c2)c1. The predicted molar refractivity (Wildman–Crippen MR) is 114 cm³/mol. The molecule has 0 spiro atoms. The molecule has 150 valence electrons. The Labute approximate surface area is 174 Å². The lowest BCUT2D eigenvalue weighted by Gasteiger charge is -2.17. The highest BCUT2D eigenvalue weighted by atomic mass is 16.5. The molecule has 1 atom stereocenters.